The highest BCUT2D eigenvalue weighted by molar-refractivity contribution is 5.80. The normalized spacial score (nSPS) is 17.8. The molecule has 3 heteroatoms. The van der Waals surface area contributed by atoms with Gasteiger partial charge in [-0.25, -0.2) is 0 Å². The topological polar surface area (TPSA) is 22.3 Å². The van der Waals surface area contributed by atoms with Crippen LogP contribution in [0.25, 0.3) is 10.9 Å². The van der Waals surface area contributed by atoms with Crippen LogP contribution in [-0.4, -0.2) is 41.0 Å². The molecule has 0 spiro atoms. The van der Waals surface area contributed by atoms with Crippen LogP contribution in [0.4, 0.5) is 0 Å². The van der Waals surface area contributed by atoms with Gasteiger partial charge in [0.1, 0.15) is 0 Å². The molecule has 1 N–H and O–H groups in total. The second-order valence-corrected chi connectivity index (χ2v) is 7.03. The molecule has 1 aliphatic heterocycles. The van der Waals surface area contributed by atoms with Gasteiger partial charge in [0.15, 0.2) is 0 Å². The first-order chi connectivity index (χ1) is 12.3. The minimum Gasteiger partial charge on any atom is -0.357 e. The lowest BCUT2D eigenvalue weighted by atomic mass is 10.1. The molecule has 1 aromatic heterocycles. The molecule has 4 rings (SSSR count). The fraction of sp³-hybridized carbons (Fsp3) is 0.364. The number of piperazine rings is 1. The largest absolute Gasteiger partial charge is 0.357 e. The van der Waals surface area contributed by atoms with Gasteiger partial charge in [0, 0.05) is 50.0 Å². The van der Waals surface area contributed by atoms with E-state index in [0.29, 0.717) is 6.04 Å². The lowest BCUT2D eigenvalue weighted by Gasteiger charge is -2.38. The first-order valence-corrected chi connectivity index (χ1v) is 9.41. The van der Waals surface area contributed by atoms with E-state index in [-0.39, 0.29) is 0 Å². The molecule has 0 aliphatic carbocycles. The van der Waals surface area contributed by atoms with E-state index < -0.39 is 0 Å². The molecule has 0 bridgehead atoms. The molecule has 3 aromatic rings. The summed E-state index contributed by atoms with van der Waals surface area (Å²) in [5.74, 6) is 0. The number of nitrogens with one attached hydrogen (secondary N) is 1. The molecule has 1 atom stereocenters. The first-order valence-electron chi connectivity index (χ1n) is 9.41. The number of para-hydroxylation sites is 1. The molecule has 3 nitrogen and oxygen atoms in total. The summed E-state index contributed by atoms with van der Waals surface area (Å²) in [4.78, 5) is 8.86. The molecule has 0 radical (unpaired) electrons. The third kappa shape index (κ3) is 3.63. The molecular weight excluding hydrogens is 306 g/mol. The van der Waals surface area contributed by atoms with Crippen LogP contribution in [0.15, 0.2) is 60.7 Å². The highest BCUT2D eigenvalue weighted by Gasteiger charge is 2.25. The summed E-state index contributed by atoms with van der Waals surface area (Å²) in [5.41, 5.74) is 4.03. The Morgan fingerprint density at radius 2 is 1.64 bits per heavy atom. The molecule has 2 heterocycles. The average Bonchev–Trinajstić information content (AvgIpc) is 3.08. The molecular formula is C22H27N3. The summed E-state index contributed by atoms with van der Waals surface area (Å²) >= 11 is 0. The van der Waals surface area contributed by atoms with Crippen LogP contribution in [0.3, 0.4) is 0 Å². The number of H-pyrrole nitrogens is 1. The number of aromatic nitrogens is 1. The van der Waals surface area contributed by atoms with Crippen LogP contribution in [0.1, 0.15) is 30.6 Å². The van der Waals surface area contributed by atoms with Gasteiger partial charge >= 0.3 is 0 Å². The van der Waals surface area contributed by atoms with Gasteiger partial charge in [0.25, 0.3) is 0 Å². The number of hydrogen-bond acceptors (Lipinski definition) is 2. The lowest BCUT2D eigenvalue weighted by molar-refractivity contribution is 0.0883. The van der Waals surface area contributed by atoms with E-state index in [0.717, 1.165) is 39.1 Å². The Morgan fingerprint density at radius 3 is 2.36 bits per heavy atom. The maximum Gasteiger partial charge on any atom is 0.0497 e. The van der Waals surface area contributed by atoms with Gasteiger partial charge in [-0.3, -0.25) is 9.80 Å². The molecule has 1 saturated heterocycles. The predicted octanol–water partition coefficient (Wildman–Crippen LogP) is 4.44. The molecule has 130 valence electrons. The monoisotopic (exact) mass is 333 g/mol. The number of nitrogens with zero attached hydrogens (tertiary/aromatic N) is 2. The van der Waals surface area contributed by atoms with E-state index in [4.69, 9.17) is 0 Å². The minimum atomic E-state index is 0.492. The SMILES string of the molecule is CCC(c1cc2ccccc2[nH]1)N1CCN(Cc2ccccc2)CC1. The van der Waals surface area contributed by atoms with E-state index in [1.54, 1.807) is 0 Å². The highest BCUT2D eigenvalue weighted by atomic mass is 15.3. The van der Waals surface area contributed by atoms with Crippen LogP contribution >= 0.6 is 0 Å². The number of fused-ring (bicyclic) bond motifs is 1. The fourth-order valence-electron chi connectivity index (χ4n) is 4.02. The van der Waals surface area contributed by atoms with Gasteiger partial charge in [-0.1, -0.05) is 55.5 Å². The first kappa shape index (κ1) is 16.4. The Balaban J connectivity index is 1.41. The minimum absolute atomic E-state index is 0.492. The van der Waals surface area contributed by atoms with Crippen LogP contribution in [0.5, 0.6) is 0 Å². The van der Waals surface area contributed by atoms with E-state index in [9.17, 15) is 0 Å². The van der Waals surface area contributed by atoms with Crippen molar-refractivity contribution in [1.29, 1.82) is 0 Å². The predicted molar refractivity (Wildman–Crippen MR) is 105 cm³/mol. The van der Waals surface area contributed by atoms with E-state index >= 15 is 0 Å². The van der Waals surface area contributed by atoms with E-state index in [1.165, 1.54) is 22.2 Å². The Kier molecular flexibility index (Phi) is 4.86. The zero-order valence-electron chi connectivity index (χ0n) is 15.0. The van der Waals surface area contributed by atoms with Crippen molar-refractivity contribution in [2.45, 2.75) is 25.9 Å². The zero-order chi connectivity index (χ0) is 17.1. The van der Waals surface area contributed by atoms with Crippen LogP contribution in [-0.2, 0) is 6.54 Å². The summed E-state index contributed by atoms with van der Waals surface area (Å²) in [6, 6.07) is 22.2. The van der Waals surface area contributed by atoms with Gasteiger partial charge in [-0.05, 0) is 29.5 Å². The van der Waals surface area contributed by atoms with Gasteiger partial charge in [-0.15, -0.1) is 0 Å². The molecule has 1 unspecified atom stereocenters. The summed E-state index contributed by atoms with van der Waals surface area (Å²) in [6.07, 6.45) is 1.14. The molecule has 1 fully saturated rings. The van der Waals surface area contributed by atoms with Gasteiger partial charge in [-0.2, -0.15) is 0 Å². The van der Waals surface area contributed by atoms with Gasteiger partial charge < -0.3 is 4.98 Å². The van der Waals surface area contributed by atoms with Crippen molar-refractivity contribution in [3.05, 3.63) is 71.9 Å². The van der Waals surface area contributed by atoms with Crippen molar-refractivity contribution in [2.75, 3.05) is 26.2 Å². The summed E-state index contributed by atoms with van der Waals surface area (Å²) in [6.45, 7) is 7.93. The number of aromatic amines is 1. The molecule has 0 amide bonds. The average molecular weight is 333 g/mol. The number of hydrogen-bond donors (Lipinski definition) is 1. The van der Waals surface area contributed by atoms with Crippen LogP contribution in [0, 0.1) is 0 Å². The van der Waals surface area contributed by atoms with Crippen molar-refractivity contribution < 1.29 is 0 Å². The lowest BCUT2D eigenvalue weighted by Crippen LogP contribution is -2.47. The maximum absolute atomic E-state index is 3.64. The Hall–Kier alpha value is -2.10. The van der Waals surface area contributed by atoms with Crippen molar-refractivity contribution >= 4 is 10.9 Å². The fourth-order valence-corrected chi connectivity index (χ4v) is 4.02. The maximum atomic E-state index is 3.64. The second-order valence-electron chi connectivity index (χ2n) is 7.03. The van der Waals surface area contributed by atoms with Crippen molar-refractivity contribution in [3.8, 4) is 0 Å². The third-order valence-electron chi connectivity index (χ3n) is 5.39. The molecule has 2 aromatic carbocycles. The second kappa shape index (κ2) is 7.42. The van der Waals surface area contributed by atoms with Crippen molar-refractivity contribution in [3.63, 3.8) is 0 Å². The van der Waals surface area contributed by atoms with E-state index in [2.05, 4.69) is 82.4 Å². The highest BCUT2D eigenvalue weighted by Crippen LogP contribution is 2.28. The van der Waals surface area contributed by atoms with Crippen molar-refractivity contribution in [2.24, 2.45) is 0 Å². The summed E-state index contributed by atoms with van der Waals surface area (Å²) in [5, 5.41) is 1.32. The van der Waals surface area contributed by atoms with E-state index in [1.807, 2.05) is 0 Å². The quantitative estimate of drug-likeness (QED) is 0.746. The molecule has 1 aliphatic rings. The standard InChI is InChI=1S/C22H27N3/c1-2-22(21-16-19-10-6-7-11-20(19)23-21)25-14-12-24(13-15-25)17-18-8-4-3-5-9-18/h3-11,16,22-23H,2,12-15,17H2,1H3. The Morgan fingerprint density at radius 1 is 0.920 bits per heavy atom. The number of rotatable bonds is 5. The summed E-state index contributed by atoms with van der Waals surface area (Å²) < 4.78 is 0. The van der Waals surface area contributed by atoms with Gasteiger partial charge in [0.05, 0.1) is 0 Å². The Bertz CT molecular complexity index is 767. The number of benzene rings is 2. The van der Waals surface area contributed by atoms with Crippen molar-refractivity contribution in [1.82, 2.24) is 14.8 Å². The molecule has 0 saturated carbocycles. The smallest absolute Gasteiger partial charge is 0.0497 e. The molecule has 25 heavy (non-hydrogen) atoms. The van der Waals surface area contributed by atoms with Crippen LogP contribution < -0.4 is 0 Å². The third-order valence-corrected chi connectivity index (χ3v) is 5.39. The van der Waals surface area contributed by atoms with Gasteiger partial charge in [0.2, 0.25) is 0 Å². The summed E-state index contributed by atoms with van der Waals surface area (Å²) in [7, 11) is 0. The zero-order valence-corrected chi connectivity index (χ0v) is 15.0. The van der Waals surface area contributed by atoms with Crippen LogP contribution in [0.2, 0.25) is 0 Å². The Labute approximate surface area is 150 Å².